The average Bonchev–Trinajstić information content (AvgIpc) is 1.82. The molecule has 12 heavy (non-hydrogen) atoms. The number of aromatic carboxylic acids is 1. The van der Waals surface area contributed by atoms with Gasteiger partial charge >= 0.3 is 0 Å². The lowest BCUT2D eigenvalue weighted by Gasteiger charge is -2.09. The summed E-state index contributed by atoms with van der Waals surface area (Å²) in [5.41, 5.74) is 0.872. The van der Waals surface area contributed by atoms with Crippen molar-refractivity contribution >= 4 is 5.97 Å². The molecule has 0 aromatic heterocycles. The maximum Gasteiger partial charge on any atom is 0.123 e. The lowest BCUT2D eigenvalue weighted by molar-refractivity contribution is -0.255. The second-order valence-corrected chi connectivity index (χ2v) is 2.70. The van der Waals surface area contributed by atoms with E-state index in [2.05, 4.69) is 0 Å². The van der Waals surface area contributed by atoms with Crippen LogP contribution in [-0.4, -0.2) is 5.97 Å². The Morgan fingerprint density at radius 1 is 1.33 bits per heavy atom. The normalized spacial score (nSPS) is 9.92. The standard InChI is InChI=1S/C9H9FO2/c1-5-3-7(10)4-6(2)8(5)9(11)12/h3-4H,1-2H3,(H,11,12)/p-1. The molecule has 0 fully saturated rings. The number of halogens is 1. The van der Waals surface area contributed by atoms with Gasteiger partial charge in [0.15, 0.2) is 0 Å². The summed E-state index contributed by atoms with van der Waals surface area (Å²) in [6, 6.07) is 2.36. The maximum absolute atomic E-state index is 12.7. The van der Waals surface area contributed by atoms with E-state index < -0.39 is 11.8 Å². The minimum Gasteiger partial charge on any atom is -0.545 e. The van der Waals surface area contributed by atoms with Crippen molar-refractivity contribution in [2.45, 2.75) is 13.8 Å². The Hall–Kier alpha value is -1.38. The fourth-order valence-corrected chi connectivity index (χ4v) is 1.23. The molecule has 3 heteroatoms. The summed E-state index contributed by atoms with van der Waals surface area (Å²) in [7, 11) is 0. The van der Waals surface area contributed by atoms with Crippen molar-refractivity contribution in [2.24, 2.45) is 0 Å². The van der Waals surface area contributed by atoms with E-state index in [-0.39, 0.29) is 5.56 Å². The zero-order valence-electron chi connectivity index (χ0n) is 6.85. The monoisotopic (exact) mass is 167 g/mol. The molecule has 0 aliphatic heterocycles. The zero-order valence-corrected chi connectivity index (χ0v) is 6.85. The Morgan fingerprint density at radius 2 is 1.75 bits per heavy atom. The Bertz CT molecular complexity index is 308. The number of aryl methyl sites for hydroxylation is 2. The predicted molar refractivity (Wildman–Crippen MR) is 40.2 cm³/mol. The second-order valence-electron chi connectivity index (χ2n) is 2.70. The van der Waals surface area contributed by atoms with E-state index in [1.165, 1.54) is 12.1 Å². The molecule has 0 spiro atoms. The number of benzene rings is 1. The third-order valence-corrected chi connectivity index (χ3v) is 1.70. The van der Waals surface area contributed by atoms with Gasteiger partial charge in [-0.2, -0.15) is 0 Å². The van der Waals surface area contributed by atoms with Gasteiger partial charge in [-0.05, 0) is 37.1 Å². The van der Waals surface area contributed by atoms with Crippen LogP contribution in [0.15, 0.2) is 12.1 Å². The van der Waals surface area contributed by atoms with Crippen LogP contribution in [0.25, 0.3) is 0 Å². The molecule has 0 amide bonds. The van der Waals surface area contributed by atoms with Gasteiger partial charge < -0.3 is 9.90 Å². The molecule has 0 saturated carbocycles. The Morgan fingerprint density at radius 3 is 2.08 bits per heavy atom. The third kappa shape index (κ3) is 1.44. The van der Waals surface area contributed by atoms with Crippen molar-refractivity contribution in [2.75, 3.05) is 0 Å². The van der Waals surface area contributed by atoms with E-state index >= 15 is 0 Å². The number of carboxylic acid groups (broad SMARTS) is 1. The number of hydrogen-bond acceptors (Lipinski definition) is 2. The average molecular weight is 167 g/mol. The van der Waals surface area contributed by atoms with Gasteiger partial charge in [-0.3, -0.25) is 0 Å². The molecular formula is C9H8FO2-. The summed E-state index contributed by atoms with van der Waals surface area (Å²) >= 11 is 0. The van der Waals surface area contributed by atoms with Crippen LogP contribution in [0, 0.1) is 19.7 Å². The van der Waals surface area contributed by atoms with Crippen LogP contribution in [0.4, 0.5) is 4.39 Å². The third-order valence-electron chi connectivity index (χ3n) is 1.70. The fourth-order valence-electron chi connectivity index (χ4n) is 1.23. The smallest absolute Gasteiger partial charge is 0.123 e. The molecule has 1 aromatic rings. The molecule has 0 unspecified atom stereocenters. The van der Waals surface area contributed by atoms with Crippen LogP contribution in [0.2, 0.25) is 0 Å². The van der Waals surface area contributed by atoms with Crippen molar-refractivity contribution in [1.29, 1.82) is 0 Å². The van der Waals surface area contributed by atoms with Crippen LogP contribution in [-0.2, 0) is 0 Å². The van der Waals surface area contributed by atoms with Crippen molar-refractivity contribution in [3.63, 3.8) is 0 Å². The molecule has 0 aliphatic carbocycles. The van der Waals surface area contributed by atoms with Crippen molar-refractivity contribution < 1.29 is 14.3 Å². The topological polar surface area (TPSA) is 40.1 Å². The lowest BCUT2D eigenvalue weighted by atomic mass is 10.0. The second kappa shape index (κ2) is 2.93. The molecular weight excluding hydrogens is 159 g/mol. The van der Waals surface area contributed by atoms with Gasteiger partial charge in [0.25, 0.3) is 0 Å². The van der Waals surface area contributed by atoms with Crippen LogP contribution < -0.4 is 5.11 Å². The number of hydrogen-bond donors (Lipinski definition) is 0. The van der Waals surface area contributed by atoms with Gasteiger partial charge in [0.05, 0.1) is 5.97 Å². The number of carbonyl (C=O) groups is 1. The van der Waals surface area contributed by atoms with Crippen LogP contribution >= 0.6 is 0 Å². The highest BCUT2D eigenvalue weighted by Gasteiger charge is 2.04. The summed E-state index contributed by atoms with van der Waals surface area (Å²) < 4.78 is 12.7. The summed E-state index contributed by atoms with van der Waals surface area (Å²) in [5, 5.41) is 10.5. The lowest BCUT2D eigenvalue weighted by Crippen LogP contribution is -2.24. The van der Waals surface area contributed by atoms with Gasteiger partial charge in [0, 0.05) is 5.56 Å². The van der Waals surface area contributed by atoms with E-state index in [0.29, 0.717) is 11.1 Å². The van der Waals surface area contributed by atoms with Gasteiger partial charge in [0.2, 0.25) is 0 Å². The Balaban J connectivity index is 3.38. The largest absolute Gasteiger partial charge is 0.545 e. The molecule has 0 atom stereocenters. The summed E-state index contributed by atoms with van der Waals surface area (Å²) in [6.07, 6.45) is 0. The van der Waals surface area contributed by atoms with Gasteiger partial charge in [-0.25, -0.2) is 4.39 Å². The maximum atomic E-state index is 12.7. The quantitative estimate of drug-likeness (QED) is 0.620. The first-order chi connectivity index (χ1) is 5.52. The van der Waals surface area contributed by atoms with E-state index in [1.807, 2.05) is 0 Å². The molecule has 64 valence electrons. The molecule has 0 bridgehead atoms. The molecule has 0 saturated heterocycles. The summed E-state index contributed by atoms with van der Waals surface area (Å²) in [4.78, 5) is 10.5. The van der Waals surface area contributed by atoms with Gasteiger partial charge in [0.1, 0.15) is 5.82 Å². The number of rotatable bonds is 1. The Labute approximate surface area is 69.6 Å². The first-order valence-electron chi connectivity index (χ1n) is 3.50. The molecule has 0 aliphatic rings. The van der Waals surface area contributed by atoms with E-state index in [0.717, 1.165) is 0 Å². The van der Waals surface area contributed by atoms with Gasteiger partial charge in [-0.15, -0.1) is 0 Å². The van der Waals surface area contributed by atoms with Crippen LogP contribution in [0.3, 0.4) is 0 Å². The zero-order chi connectivity index (χ0) is 9.30. The summed E-state index contributed by atoms with van der Waals surface area (Å²) in [5.74, 6) is -1.68. The fraction of sp³-hybridized carbons (Fsp3) is 0.222. The molecule has 0 heterocycles. The highest BCUT2D eigenvalue weighted by Crippen LogP contribution is 2.14. The van der Waals surface area contributed by atoms with E-state index in [1.54, 1.807) is 13.8 Å². The minimum atomic E-state index is -1.26. The van der Waals surface area contributed by atoms with E-state index in [4.69, 9.17) is 0 Å². The van der Waals surface area contributed by atoms with Crippen molar-refractivity contribution in [3.05, 3.63) is 34.6 Å². The number of carboxylic acids is 1. The van der Waals surface area contributed by atoms with Crippen LogP contribution in [0.1, 0.15) is 21.5 Å². The molecule has 0 radical (unpaired) electrons. The first-order valence-corrected chi connectivity index (χ1v) is 3.50. The van der Waals surface area contributed by atoms with E-state index in [9.17, 15) is 14.3 Å². The Kier molecular flexibility index (Phi) is 2.13. The first kappa shape index (κ1) is 8.71. The molecule has 1 rings (SSSR count). The molecule has 0 N–H and O–H groups in total. The van der Waals surface area contributed by atoms with Crippen LogP contribution in [0.5, 0.6) is 0 Å². The minimum absolute atomic E-state index is 0.0800. The highest BCUT2D eigenvalue weighted by atomic mass is 19.1. The number of carbonyl (C=O) groups excluding carboxylic acids is 1. The SMILES string of the molecule is Cc1cc(F)cc(C)c1C(=O)[O-]. The predicted octanol–water partition coefficient (Wildman–Crippen LogP) is 0.806. The molecule has 1 aromatic carbocycles. The van der Waals surface area contributed by atoms with Crippen molar-refractivity contribution in [3.8, 4) is 0 Å². The highest BCUT2D eigenvalue weighted by molar-refractivity contribution is 5.89. The molecule has 2 nitrogen and oxygen atoms in total. The van der Waals surface area contributed by atoms with Crippen molar-refractivity contribution in [1.82, 2.24) is 0 Å². The van der Waals surface area contributed by atoms with Gasteiger partial charge in [-0.1, -0.05) is 0 Å². The summed E-state index contributed by atoms with van der Waals surface area (Å²) in [6.45, 7) is 3.09.